The molecule has 0 aromatic heterocycles. The van der Waals surface area contributed by atoms with Gasteiger partial charge < -0.3 is 16.2 Å². The maximum absolute atomic E-state index is 11.8. The number of aliphatic hydroxyl groups excluding tert-OH is 1. The summed E-state index contributed by atoms with van der Waals surface area (Å²) in [6, 6.07) is 0. The molecule has 96 valence electrons. The molecule has 0 heterocycles. The molecular weight excluding hydrogens is 224 g/mol. The van der Waals surface area contributed by atoms with Crippen LogP contribution in [-0.2, 0) is 4.79 Å². The molecule has 0 aromatic rings. The zero-order valence-electron chi connectivity index (χ0n) is 10.3. The topological polar surface area (TPSA) is 75.4 Å². The third-order valence-electron chi connectivity index (χ3n) is 2.76. The Morgan fingerprint density at radius 1 is 1.50 bits per heavy atom. The van der Waals surface area contributed by atoms with Crippen molar-refractivity contribution in [2.75, 3.05) is 31.2 Å². The van der Waals surface area contributed by atoms with E-state index in [1.54, 1.807) is 11.8 Å². The van der Waals surface area contributed by atoms with Crippen LogP contribution in [0.4, 0.5) is 0 Å². The number of hydrogen-bond acceptors (Lipinski definition) is 4. The molecule has 1 atom stereocenters. The molecule has 0 radical (unpaired) electrons. The summed E-state index contributed by atoms with van der Waals surface area (Å²) < 4.78 is 0. The Hall–Kier alpha value is -0.260. The molecule has 0 aliphatic carbocycles. The summed E-state index contributed by atoms with van der Waals surface area (Å²) in [5, 5.41) is 11.5. The van der Waals surface area contributed by atoms with E-state index < -0.39 is 5.41 Å². The van der Waals surface area contributed by atoms with E-state index in [0.29, 0.717) is 13.1 Å². The fraction of sp³-hybridized carbons (Fsp3) is 0.909. The summed E-state index contributed by atoms with van der Waals surface area (Å²) in [5.74, 6) is 1.87. The highest BCUT2D eigenvalue weighted by Gasteiger charge is 2.28. The maximum atomic E-state index is 11.8. The van der Waals surface area contributed by atoms with Crippen molar-refractivity contribution in [3.63, 3.8) is 0 Å². The third-order valence-corrected chi connectivity index (χ3v) is 3.83. The van der Waals surface area contributed by atoms with Gasteiger partial charge in [-0.15, -0.1) is 0 Å². The van der Waals surface area contributed by atoms with Crippen LogP contribution in [-0.4, -0.2) is 42.2 Å². The van der Waals surface area contributed by atoms with Gasteiger partial charge in [-0.1, -0.05) is 6.92 Å². The minimum atomic E-state index is -0.435. The minimum absolute atomic E-state index is 0.0419. The first-order valence-corrected chi connectivity index (χ1v) is 6.93. The first-order valence-electron chi connectivity index (χ1n) is 5.77. The van der Waals surface area contributed by atoms with Crippen LogP contribution in [0.25, 0.3) is 0 Å². The van der Waals surface area contributed by atoms with Gasteiger partial charge in [0, 0.05) is 25.4 Å². The Morgan fingerprint density at radius 2 is 2.19 bits per heavy atom. The highest BCUT2D eigenvalue weighted by Crippen LogP contribution is 2.18. The molecule has 0 aromatic carbocycles. The van der Waals surface area contributed by atoms with E-state index in [4.69, 9.17) is 10.8 Å². The third kappa shape index (κ3) is 5.72. The number of nitrogens with one attached hydrogen (secondary N) is 1. The Balaban J connectivity index is 3.64. The molecule has 5 heteroatoms. The summed E-state index contributed by atoms with van der Waals surface area (Å²) in [5.41, 5.74) is 5.16. The predicted molar refractivity (Wildman–Crippen MR) is 69.5 cm³/mol. The standard InChI is InChI=1S/C11H24N2O2S/c1-3-11(2,9-12)10(15)13-5-8-16-7-4-6-14/h14H,3-9,12H2,1-2H3,(H,13,15). The van der Waals surface area contributed by atoms with E-state index in [9.17, 15) is 4.79 Å². The highest BCUT2D eigenvalue weighted by atomic mass is 32.2. The van der Waals surface area contributed by atoms with Crippen LogP contribution in [0.5, 0.6) is 0 Å². The van der Waals surface area contributed by atoms with E-state index in [2.05, 4.69) is 5.32 Å². The van der Waals surface area contributed by atoms with Crippen molar-refractivity contribution in [3.8, 4) is 0 Å². The van der Waals surface area contributed by atoms with Crippen LogP contribution in [0, 0.1) is 5.41 Å². The lowest BCUT2D eigenvalue weighted by Crippen LogP contribution is -2.44. The largest absolute Gasteiger partial charge is 0.396 e. The molecular formula is C11H24N2O2S. The van der Waals surface area contributed by atoms with E-state index in [1.165, 1.54) is 0 Å². The van der Waals surface area contributed by atoms with Gasteiger partial charge in [0.15, 0.2) is 0 Å². The van der Waals surface area contributed by atoms with Crippen molar-refractivity contribution in [1.29, 1.82) is 0 Å². The summed E-state index contributed by atoms with van der Waals surface area (Å²) in [6.07, 6.45) is 1.57. The molecule has 0 aliphatic rings. The lowest BCUT2D eigenvalue weighted by atomic mass is 9.87. The first-order chi connectivity index (χ1) is 7.60. The number of carbonyl (C=O) groups is 1. The van der Waals surface area contributed by atoms with Crippen molar-refractivity contribution >= 4 is 17.7 Å². The molecule has 0 saturated heterocycles. The van der Waals surface area contributed by atoms with Crippen LogP contribution in [0.2, 0.25) is 0 Å². The second-order valence-electron chi connectivity index (χ2n) is 4.06. The Labute approximate surface area is 102 Å². The highest BCUT2D eigenvalue weighted by molar-refractivity contribution is 7.99. The lowest BCUT2D eigenvalue weighted by molar-refractivity contribution is -0.129. The van der Waals surface area contributed by atoms with Gasteiger partial charge in [-0.25, -0.2) is 0 Å². The Morgan fingerprint density at radius 3 is 2.69 bits per heavy atom. The van der Waals surface area contributed by atoms with Crippen LogP contribution >= 0.6 is 11.8 Å². The summed E-state index contributed by atoms with van der Waals surface area (Å²) in [6.45, 7) is 5.15. The molecule has 0 bridgehead atoms. The van der Waals surface area contributed by atoms with Gasteiger partial charge in [0.1, 0.15) is 0 Å². The molecule has 1 amide bonds. The molecule has 0 aliphatic heterocycles. The smallest absolute Gasteiger partial charge is 0.227 e. The molecule has 4 N–H and O–H groups in total. The molecule has 16 heavy (non-hydrogen) atoms. The second-order valence-corrected chi connectivity index (χ2v) is 5.29. The van der Waals surface area contributed by atoms with Gasteiger partial charge in [0.2, 0.25) is 5.91 Å². The fourth-order valence-electron chi connectivity index (χ4n) is 1.12. The molecule has 0 rings (SSSR count). The normalized spacial score (nSPS) is 14.5. The van der Waals surface area contributed by atoms with E-state index >= 15 is 0 Å². The quantitative estimate of drug-likeness (QED) is 0.522. The molecule has 0 spiro atoms. The van der Waals surface area contributed by atoms with Crippen LogP contribution in [0.3, 0.4) is 0 Å². The van der Waals surface area contributed by atoms with Crippen LogP contribution in [0.1, 0.15) is 26.7 Å². The number of nitrogens with two attached hydrogens (primary N) is 1. The number of thioether (sulfide) groups is 1. The number of carbonyl (C=O) groups excluding carboxylic acids is 1. The van der Waals surface area contributed by atoms with E-state index in [0.717, 1.165) is 24.3 Å². The molecule has 0 fully saturated rings. The second kappa shape index (κ2) is 8.84. The van der Waals surface area contributed by atoms with E-state index in [1.807, 2.05) is 13.8 Å². The number of amides is 1. The average molecular weight is 248 g/mol. The first kappa shape index (κ1) is 15.7. The monoisotopic (exact) mass is 248 g/mol. The number of rotatable bonds is 9. The Kier molecular flexibility index (Phi) is 8.70. The fourth-order valence-corrected chi connectivity index (χ4v) is 1.90. The molecule has 1 unspecified atom stereocenters. The molecule has 4 nitrogen and oxygen atoms in total. The van der Waals surface area contributed by atoms with Crippen LogP contribution < -0.4 is 11.1 Å². The van der Waals surface area contributed by atoms with Gasteiger partial charge in [-0.2, -0.15) is 11.8 Å². The van der Waals surface area contributed by atoms with Gasteiger partial charge in [0.25, 0.3) is 0 Å². The Bertz CT molecular complexity index is 196. The van der Waals surface area contributed by atoms with Gasteiger partial charge in [-0.3, -0.25) is 4.79 Å². The van der Waals surface area contributed by atoms with Crippen molar-refractivity contribution in [1.82, 2.24) is 5.32 Å². The van der Waals surface area contributed by atoms with E-state index in [-0.39, 0.29) is 12.5 Å². The van der Waals surface area contributed by atoms with Crippen molar-refractivity contribution < 1.29 is 9.90 Å². The maximum Gasteiger partial charge on any atom is 0.227 e. The summed E-state index contributed by atoms with van der Waals surface area (Å²) in [4.78, 5) is 11.8. The SMILES string of the molecule is CCC(C)(CN)C(=O)NCCSCCCO. The van der Waals surface area contributed by atoms with Crippen molar-refractivity contribution in [2.45, 2.75) is 26.7 Å². The van der Waals surface area contributed by atoms with Gasteiger partial charge in [-0.05, 0) is 25.5 Å². The zero-order valence-corrected chi connectivity index (χ0v) is 11.1. The number of aliphatic hydroxyl groups is 1. The zero-order chi connectivity index (χ0) is 12.4. The summed E-state index contributed by atoms with van der Waals surface area (Å²) >= 11 is 1.74. The van der Waals surface area contributed by atoms with Crippen molar-refractivity contribution in [3.05, 3.63) is 0 Å². The van der Waals surface area contributed by atoms with Gasteiger partial charge in [0.05, 0.1) is 5.41 Å². The van der Waals surface area contributed by atoms with Crippen LogP contribution in [0.15, 0.2) is 0 Å². The molecule has 0 saturated carbocycles. The number of hydrogen-bond donors (Lipinski definition) is 3. The van der Waals surface area contributed by atoms with Gasteiger partial charge >= 0.3 is 0 Å². The summed E-state index contributed by atoms with van der Waals surface area (Å²) in [7, 11) is 0. The average Bonchev–Trinajstić information content (AvgIpc) is 2.32. The predicted octanol–water partition coefficient (Wildman–Crippen LogP) is 0.593. The minimum Gasteiger partial charge on any atom is -0.396 e. The lowest BCUT2D eigenvalue weighted by Gasteiger charge is -2.24. The van der Waals surface area contributed by atoms with Crippen molar-refractivity contribution in [2.24, 2.45) is 11.1 Å².